The second-order valence-corrected chi connectivity index (χ2v) is 8.89. The van der Waals surface area contributed by atoms with Crippen molar-refractivity contribution in [1.82, 2.24) is 25.1 Å². The lowest BCUT2D eigenvalue weighted by Gasteiger charge is -2.43. The summed E-state index contributed by atoms with van der Waals surface area (Å²) >= 11 is 5.86. The summed E-state index contributed by atoms with van der Waals surface area (Å²) in [5.41, 5.74) is 0.225. The van der Waals surface area contributed by atoms with Gasteiger partial charge in [0.2, 0.25) is 0 Å². The Balaban J connectivity index is 1.46. The molecule has 1 saturated carbocycles. The predicted molar refractivity (Wildman–Crippen MR) is 127 cm³/mol. The smallest absolute Gasteiger partial charge is 0.411 e. The maximum absolute atomic E-state index is 13.4. The summed E-state index contributed by atoms with van der Waals surface area (Å²) in [6, 6.07) is 12.2. The zero-order valence-corrected chi connectivity index (χ0v) is 20.0. The van der Waals surface area contributed by atoms with Crippen LogP contribution in [0.1, 0.15) is 48.3 Å². The third-order valence-corrected chi connectivity index (χ3v) is 6.55. The van der Waals surface area contributed by atoms with Gasteiger partial charge in [0.15, 0.2) is 5.82 Å². The molecule has 1 aliphatic rings. The van der Waals surface area contributed by atoms with E-state index in [1.807, 2.05) is 0 Å². The van der Waals surface area contributed by atoms with Crippen molar-refractivity contribution in [3.8, 4) is 0 Å². The first-order valence-electron chi connectivity index (χ1n) is 11.4. The highest BCUT2D eigenvalue weighted by Crippen LogP contribution is 2.41. The number of aromatic nitrogens is 4. The van der Waals surface area contributed by atoms with Crippen molar-refractivity contribution in [2.45, 2.75) is 44.2 Å². The molecule has 0 unspecified atom stereocenters. The molecule has 3 aromatic rings. The molecule has 1 heterocycles. The van der Waals surface area contributed by atoms with Gasteiger partial charge in [-0.25, -0.2) is 13.9 Å². The monoisotopic (exact) mass is 500 g/mol. The molecule has 35 heavy (non-hydrogen) atoms. The number of amides is 2. The molecule has 0 spiro atoms. The molecular weight excluding hydrogens is 475 g/mol. The van der Waals surface area contributed by atoms with E-state index < -0.39 is 17.4 Å². The van der Waals surface area contributed by atoms with Crippen LogP contribution in [0.2, 0.25) is 5.02 Å². The number of rotatable bonds is 7. The van der Waals surface area contributed by atoms with E-state index in [4.69, 9.17) is 16.3 Å². The Morgan fingerprint density at radius 2 is 1.80 bits per heavy atom. The molecule has 0 bridgehead atoms. The van der Waals surface area contributed by atoms with Crippen molar-refractivity contribution in [2.24, 2.45) is 0 Å². The van der Waals surface area contributed by atoms with Gasteiger partial charge in [-0.2, -0.15) is 0 Å². The van der Waals surface area contributed by atoms with E-state index in [1.54, 1.807) is 40.9 Å². The number of benzene rings is 2. The number of nitrogens with one attached hydrogen (secondary N) is 1. The number of anilines is 1. The minimum Gasteiger partial charge on any atom is -0.447 e. The van der Waals surface area contributed by atoms with Gasteiger partial charge in [0.25, 0.3) is 5.91 Å². The van der Waals surface area contributed by atoms with E-state index in [0.29, 0.717) is 34.9 Å². The fraction of sp³-hybridized carbons (Fsp3) is 0.375. The Morgan fingerprint density at radius 1 is 1.11 bits per heavy atom. The number of nitrogens with zero attached hydrogens (tertiary/aromatic N) is 5. The topological polar surface area (TPSA) is 102 Å². The fourth-order valence-corrected chi connectivity index (χ4v) is 4.55. The van der Waals surface area contributed by atoms with Gasteiger partial charge in [0, 0.05) is 23.3 Å². The van der Waals surface area contributed by atoms with Crippen molar-refractivity contribution in [3.05, 3.63) is 70.8 Å². The summed E-state index contributed by atoms with van der Waals surface area (Å²) < 4.78 is 20.2. The molecule has 1 N–H and O–H groups in total. The lowest BCUT2D eigenvalue weighted by atomic mass is 9.79. The van der Waals surface area contributed by atoms with E-state index in [0.717, 1.165) is 19.3 Å². The average molecular weight is 501 g/mol. The number of hydrogen-bond acceptors (Lipinski definition) is 6. The van der Waals surface area contributed by atoms with Crippen LogP contribution in [0.3, 0.4) is 0 Å². The van der Waals surface area contributed by atoms with Gasteiger partial charge in [-0.05, 0) is 71.8 Å². The highest BCUT2D eigenvalue weighted by Gasteiger charge is 2.44. The SMILES string of the molecule is CN(C(=O)c1ccc(F)cc1)C1(c2nnnn2CCOC(=O)Nc2ccc(Cl)cc2)CCCCC1. The van der Waals surface area contributed by atoms with Crippen LogP contribution >= 0.6 is 11.6 Å². The average Bonchev–Trinajstić information content (AvgIpc) is 3.34. The van der Waals surface area contributed by atoms with E-state index in [9.17, 15) is 14.0 Å². The second kappa shape index (κ2) is 10.8. The van der Waals surface area contributed by atoms with Gasteiger partial charge >= 0.3 is 6.09 Å². The van der Waals surface area contributed by atoms with Gasteiger partial charge in [-0.3, -0.25) is 10.1 Å². The van der Waals surface area contributed by atoms with Crippen LogP contribution in [0.4, 0.5) is 14.9 Å². The number of carbonyl (C=O) groups is 2. The normalized spacial score (nSPS) is 14.8. The van der Waals surface area contributed by atoms with Gasteiger partial charge < -0.3 is 9.64 Å². The maximum atomic E-state index is 13.4. The maximum Gasteiger partial charge on any atom is 0.411 e. The van der Waals surface area contributed by atoms with Gasteiger partial charge in [-0.15, -0.1) is 5.10 Å². The van der Waals surface area contributed by atoms with Crippen molar-refractivity contribution in [1.29, 1.82) is 0 Å². The first-order valence-corrected chi connectivity index (χ1v) is 11.8. The summed E-state index contributed by atoms with van der Waals surface area (Å²) in [7, 11) is 1.73. The summed E-state index contributed by atoms with van der Waals surface area (Å²) in [5, 5.41) is 15.4. The summed E-state index contributed by atoms with van der Waals surface area (Å²) in [5.74, 6) is -0.0995. The molecule has 1 fully saturated rings. The quantitative estimate of drug-likeness (QED) is 0.506. The van der Waals surface area contributed by atoms with E-state index in [2.05, 4.69) is 20.8 Å². The van der Waals surface area contributed by atoms with Crippen LogP contribution in [0.5, 0.6) is 0 Å². The molecule has 11 heteroatoms. The lowest BCUT2D eigenvalue weighted by molar-refractivity contribution is 0.0372. The highest BCUT2D eigenvalue weighted by atomic mass is 35.5. The molecule has 9 nitrogen and oxygen atoms in total. The zero-order chi connectivity index (χ0) is 24.8. The van der Waals surface area contributed by atoms with E-state index in [1.165, 1.54) is 24.3 Å². The number of ether oxygens (including phenoxy) is 1. The predicted octanol–water partition coefficient (Wildman–Crippen LogP) is 4.65. The number of hydrogen-bond donors (Lipinski definition) is 1. The molecular formula is C24H26ClFN6O3. The van der Waals surface area contributed by atoms with Crippen LogP contribution in [0, 0.1) is 5.82 Å². The third kappa shape index (κ3) is 5.59. The van der Waals surface area contributed by atoms with E-state index >= 15 is 0 Å². The van der Waals surface area contributed by atoms with Crippen LogP contribution in [0.15, 0.2) is 48.5 Å². The van der Waals surface area contributed by atoms with Gasteiger partial charge in [-0.1, -0.05) is 30.9 Å². The molecule has 0 aliphatic heterocycles. The molecule has 184 valence electrons. The third-order valence-electron chi connectivity index (χ3n) is 6.29. The Morgan fingerprint density at radius 3 is 2.49 bits per heavy atom. The van der Waals surface area contributed by atoms with Gasteiger partial charge in [0.05, 0.1) is 6.54 Å². The van der Waals surface area contributed by atoms with Crippen LogP contribution in [-0.2, 0) is 16.8 Å². The first-order chi connectivity index (χ1) is 16.9. The molecule has 2 aromatic carbocycles. The van der Waals surface area contributed by atoms with Crippen molar-refractivity contribution in [2.75, 3.05) is 19.0 Å². The molecule has 0 saturated heterocycles. The van der Waals surface area contributed by atoms with E-state index in [-0.39, 0.29) is 19.1 Å². The molecule has 4 rings (SSSR count). The molecule has 1 aliphatic carbocycles. The van der Waals surface area contributed by atoms with Gasteiger partial charge in [0.1, 0.15) is 18.0 Å². The minimum atomic E-state index is -0.723. The molecule has 0 atom stereocenters. The number of tetrazole rings is 1. The number of carbonyl (C=O) groups excluding carboxylic acids is 2. The summed E-state index contributed by atoms with van der Waals surface area (Å²) in [6.45, 7) is 0.250. The Bertz CT molecular complexity index is 1160. The van der Waals surface area contributed by atoms with Crippen LogP contribution < -0.4 is 5.32 Å². The standard InChI is InChI=1S/C24H26ClFN6O3/c1-31(21(33)17-5-9-19(26)10-6-17)24(13-3-2-4-14-24)22-28-29-30-32(22)15-16-35-23(34)27-20-11-7-18(25)8-12-20/h5-12H,2-4,13-16H2,1H3,(H,27,34). The second-order valence-electron chi connectivity index (χ2n) is 8.46. The minimum absolute atomic E-state index is 0.0309. The molecule has 2 amide bonds. The van der Waals surface area contributed by atoms with Crippen LogP contribution in [-0.4, -0.2) is 50.8 Å². The Labute approximate surface area is 207 Å². The van der Waals surface area contributed by atoms with Crippen molar-refractivity contribution >= 4 is 29.3 Å². The number of halogens is 2. The zero-order valence-electron chi connectivity index (χ0n) is 19.3. The summed E-state index contributed by atoms with van der Waals surface area (Å²) in [4.78, 5) is 27.1. The summed E-state index contributed by atoms with van der Waals surface area (Å²) in [6.07, 6.45) is 3.64. The van der Waals surface area contributed by atoms with Crippen molar-refractivity contribution in [3.63, 3.8) is 0 Å². The largest absolute Gasteiger partial charge is 0.447 e. The Hall–Kier alpha value is -3.53. The molecule has 1 aromatic heterocycles. The first kappa shape index (κ1) is 24.6. The fourth-order valence-electron chi connectivity index (χ4n) is 4.43. The van der Waals surface area contributed by atoms with Crippen molar-refractivity contribution < 1.29 is 18.7 Å². The lowest BCUT2D eigenvalue weighted by Crippen LogP contribution is -2.50. The Kier molecular flexibility index (Phi) is 7.60. The molecule has 0 radical (unpaired) electrons. The highest BCUT2D eigenvalue weighted by molar-refractivity contribution is 6.30. The van der Waals surface area contributed by atoms with Crippen LogP contribution in [0.25, 0.3) is 0 Å².